The molecule has 1 aromatic carbocycles. The van der Waals surface area contributed by atoms with E-state index >= 15 is 0 Å². The van der Waals surface area contributed by atoms with E-state index in [4.69, 9.17) is 16.6 Å². The van der Waals surface area contributed by atoms with Gasteiger partial charge < -0.3 is 15.6 Å². The van der Waals surface area contributed by atoms with Crippen LogP contribution in [0.2, 0.25) is 0 Å². The quantitative estimate of drug-likeness (QED) is 0.289. The highest BCUT2D eigenvalue weighted by molar-refractivity contribution is 7.82. The molecule has 0 saturated carbocycles. The molecule has 4 heterocycles. The number of hydrazine groups is 1. The zero-order chi connectivity index (χ0) is 26.1. The summed E-state index contributed by atoms with van der Waals surface area (Å²) in [5, 5.41) is 1.66. The molecule has 5 rings (SSSR count). The van der Waals surface area contributed by atoms with Crippen molar-refractivity contribution in [3.8, 4) is 0 Å². The molecule has 1 saturated heterocycles. The number of nitrogen functional groups attached to an aromatic ring is 1. The Hall–Kier alpha value is -3.01. The molecule has 1 fully saturated rings. The third kappa shape index (κ3) is 5.08. The first-order chi connectivity index (χ1) is 17.9. The molecule has 37 heavy (non-hydrogen) atoms. The fourth-order valence-electron chi connectivity index (χ4n) is 5.38. The Kier molecular flexibility index (Phi) is 7.46. The number of nitrogens with zero attached hydrogens (tertiary/aromatic N) is 5. The molecule has 2 unspecified atom stereocenters. The number of rotatable bonds is 6. The normalized spacial score (nSPS) is 19.7. The summed E-state index contributed by atoms with van der Waals surface area (Å²) >= 11 is 0. The number of hydrogen-bond donors (Lipinski definition) is 2. The molecule has 4 N–H and O–H groups in total. The predicted molar refractivity (Wildman–Crippen MR) is 151 cm³/mol. The molecule has 2 atom stereocenters. The van der Waals surface area contributed by atoms with Crippen LogP contribution in [0.4, 0.5) is 17.2 Å². The van der Waals surface area contributed by atoms with Crippen molar-refractivity contribution in [2.45, 2.75) is 63.9 Å². The van der Waals surface area contributed by atoms with Crippen LogP contribution in [0.1, 0.15) is 54.3 Å². The summed E-state index contributed by atoms with van der Waals surface area (Å²) in [4.78, 5) is 12.9. The van der Waals surface area contributed by atoms with Crippen LogP contribution in [0.15, 0.2) is 47.5 Å². The number of fused-ring (bicyclic) bond motifs is 3. The molecule has 2 aliphatic rings. The number of pyridine rings is 2. The third-order valence-electron chi connectivity index (χ3n) is 7.70. The fraction of sp³-hybridized carbons (Fsp3) is 0.429. The van der Waals surface area contributed by atoms with Crippen LogP contribution in [0.3, 0.4) is 0 Å². The number of benzene rings is 1. The standard InChI is InChI=1S/C28H37N7OS/c1-4-35(30)25-13-11-21(20(3)27(25)29)16-22-12-10-19(2)24(32-22)18-33-17-23-8-5-6-15-34(23)28-26(37(33)36)9-7-14-31-28/h7,9-14,23H,4-6,8,15-18,29-30H2,1-3H3. The topological polar surface area (TPSA) is 105 Å². The van der Waals surface area contributed by atoms with Gasteiger partial charge in [-0.3, -0.25) is 4.98 Å². The van der Waals surface area contributed by atoms with Crippen LogP contribution in [-0.4, -0.2) is 44.2 Å². The smallest absolute Gasteiger partial charge is 0.146 e. The summed E-state index contributed by atoms with van der Waals surface area (Å²) in [6.07, 6.45) is 5.91. The molecule has 196 valence electrons. The molecule has 2 aromatic heterocycles. The predicted octanol–water partition coefficient (Wildman–Crippen LogP) is 3.86. The van der Waals surface area contributed by atoms with E-state index in [1.807, 2.05) is 32.0 Å². The van der Waals surface area contributed by atoms with Crippen LogP contribution in [0, 0.1) is 13.8 Å². The number of aromatic nitrogens is 2. The summed E-state index contributed by atoms with van der Waals surface area (Å²) in [5.41, 5.74) is 13.2. The molecular weight excluding hydrogens is 482 g/mol. The van der Waals surface area contributed by atoms with E-state index < -0.39 is 11.0 Å². The van der Waals surface area contributed by atoms with Crippen molar-refractivity contribution in [2.75, 3.05) is 35.3 Å². The van der Waals surface area contributed by atoms with Crippen molar-refractivity contribution in [2.24, 2.45) is 5.84 Å². The van der Waals surface area contributed by atoms with E-state index in [1.54, 1.807) is 11.2 Å². The molecule has 0 radical (unpaired) electrons. The molecule has 0 amide bonds. The van der Waals surface area contributed by atoms with Gasteiger partial charge in [0.05, 0.1) is 28.5 Å². The van der Waals surface area contributed by atoms with Crippen LogP contribution >= 0.6 is 0 Å². The Morgan fingerprint density at radius 2 is 2.00 bits per heavy atom. The van der Waals surface area contributed by atoms with Crippen molar-refractivity contribution in [1.82, 2.24) is 14.3 Å². The van der Waals surface area contributed by atoms with E-state index in [1.165, 1.54) is 6.42 Å². The molecule has 0 bridgehead atoms. The summed E-state index contributed by atoms with van der Waals surface area (Å²) in [7, 11) is -1.30. The van der Waals surface area contributed by atoms with E-state index in [0.717, 1.165) is 70.4 Å². The lowest BCUT2D eigenvalue weighted by atomic mass is 10.00. The van der Waals surface area contributed by atoms with Crippen LogP contribution in [0.5, 0.6) is 0 Å². The Balaban J connectivity index is 1.41. The average molecular weight is 520 g/mol. The monoisotopic (exact) mass is 519 g/mol. The van der Waals surface area contributed by atoms with Crippen LogP contribution in [0.25, 0.3) is 0 Å². The number of nitrogens with two attached hydrogens (primary N) is 2. The van der Waals surface area contributed by atoms with Gasteiger partial charge in [0.15, 0.2) is 0 Å². The summed E-state index contributed by atoms with van der Waals surface area (Å²) in [6, 6.07) is 12.4. The lowest BCUT2D eigenvalue weighted by molar-refractivity contribution is 0.353. The van der Waals surface area contributed by atoms with Crippen LogP contribution < -0.4 is 21.5 Å². The molecule has 0 spiro atoms. The zero-order valence-corrected chi connectivity index (χ0v) is 22.8. The Morgan fingerprint density at radius 3 is 2.81 bits per heavy atom. The first-order valence-electron chi connectivity index (χ1n) is 13.1. The second-order valence-corrected chi connectivity index (χ2v) is 11.5. The van der Waals surface area contributed by atoms with Crippen molar-refractivity contribution in [3.05, 3.63) is 70.7 Å². The van der Waals surface area contributed by atoms with Crippen molar-refractivity contribution in [1.29, 1.82) is 0 Å². The fourth-order valence-corrected chi connectivity index (χ4v) is 6.72. The highest BCUT2D eigenvalue weighted by Gasteiger charge is 2.35. The second-order valence-electron chi connectivity index (χ2n) is 10.1. The van der Waals surface area contributed by atoms with Gasteiger partial charge >= 0.3 is 0 Å². The van der Waals surface area contributed by atoms with Gasteiger partial charge in [0, 0.05) is 44.0 Å². The van der Waals surface area contributed by atoms with Crippen molar-refractivity contribution < 1.29 is 4.21 Å². The number of hydrogen-bond acceptors (Lipinski definition) is 7. The van der Waals surface area contributed by atoms with Crippen molar-refractivity contribution >= 4 is 28.2 Å². The number of aryl methyl sites for hydroxylation is 1. The molecule has 3 aromatic rings. The maximum atomic E-state index is 13.8. The minimum absolute atomic E-state index is 0.312. The van der Waals surface area contributed by atoms with Gasteiger partial charge in [0.2, 0.25) is 0 Å². The highest BCUT2D eigenvalue weighted by Crippen LogP contribution is 2.34. The lowest BCUT2D eigenvalue weighted by Crippen LogP contribution is -2.45. The van der Waals surface area contributed by atoms with E-state index in [2.05, 4.69) is 39.3 Å². The minimum atomic E-state index is -1.30. The SMILES string of the molecule is CCN(N)c1ccc(Cc2ccc(C)c(CN3CC4CCCCN4c4ncccc4S3=O)n2)c(C)c1N. The number of anilines is 3. The summed E-state index contributed by atoms with van der Waals surface area (Å²) in [6.45, 7) is 9.03. The van der Waals surface area contributed by atoms with Crippen LogP contribution in [-0.2, 0) is 24.0 Å². The lowest BCUT2D eigenvalue weighted by Gasteiger charge is -2.36. The van der Waals surface area contributed by atoms with Gasteiger partial charge in [-0.25, -0.2) is 19.3 Å². The van der Waals surface area contributed by atoms with Gasteiger partial charge in [0.25, 0.3) is 0 Å². The second kappa shape index (κ2) is 10.8. The van der Waals surface area contributed by atoms with Gasteiger partial charge in [-0.2, -0.15) is 0 Å². The Bertz CT molecular complexity index is 1310. The average Bonchev–Trinajstić information content (AvgIpc) is 3.03. The number of piperidine rings is 1. The Morgan fingerprint density at radius 1 is 1.16 bits per heavy atom. The van der Waals surface area contributed by atoms with E-state index in [-0.39, 0.29) is 0 Å². The minimum Gasteiger partial charge on any atom is -0.397 e. The summed E-state index contributed by atoms with van der Waals surface area (Å²) in [5.74, 6) is 6.97. The molecular formula is C28H37N7OS. The van der Waals surface area contributed by atoms with Gasteiger partial charge in [0.1, 0.15) is 16.8 Å². The van der Waals surface area contributed by atoms with E-state index in [9.17, 15) is 4.21 Å². The molecule has 2 aliphatic heterocycles. The largest absolute Gasteiger partial charge is 0.397 e. The third-order valence-corrected chi connectivity index (χ3v) is 9.14. The van der Waals surface area contributed by atoms with Gasteiger partial charge in [-0.1, -0.05) is 12.1 Å². The van der Waals surface area contributed by atoms with Crippen molar-refractivity contribution in [3.63, 3.8) is 0 Å². The Labute approximate surface area is 222 Å². The maximum Gasteiger partial charge on any atom is 0.146 e. The van der Waals surface area contributed by atoms with Gasteiger partial charge in [-0.15, -0.1) is 0 Å². The molecule has 0 aliphatic carbocycles. The van der Waals surface area contributed by atoms with E-state index in [0.29, 0.717) is 31.2 Å². The molecule has 9 heteroatoms. The first-order valence-corrected chi connectivity index (χ1v) is 14.2. The van der Waals surface area contributed by atoms with Gasteiger partial charge in [-0.05, 0) is 81.0 Å². The molecule has 8 nitrogen and oxygen atoms in total. The maximum absolute atomic E-state index is 13.8. The zero-order valence-electron chi connectivity index (χ0n) is 22.0. The first kappa shape index (κ1) is 25.6. The summed E-state index contributed by atoms with van der Waals surface area (Å²) < 4.78 is 15.9. The highest BCUT2D eigenvalue weighted by atomic mass is 32.2.